The van der Waals surface area contributed by atoms with E-state index in [0.717, 1.165) is 12.2 Å². The van der Waals surface area contributed by atoms with E-state index in [1.54, 1.807) is 26.0 Å². The first kappa shape index (κ1) is 22.9. The second kappa shape index (κ2) is 10.4. The summed E-state index contributed by atoms with van der Waals surface area (Å²) in [6, 6.07) is 14.3. The van der Waals surface area contributed by atoms with Crippen molar-refractivity contribution in [3.05, 3.63) is 59.7 Å². The van der Waals surface area contributed by atoms with Crippen LogP contribution in [0, 0.1) is 6.92 Å². The van der Waals surface area contributed by atoms with Gasteiger partial charge in [0.05, 0.1) is 4.90 Å². The van der Waals surface area contributed by atoms with E-state index < -0.39 is 10.0 Å². The molecule has 2 aromatic rings. The van der Waals surface area contributed by atoms with Crippen LogP contribution in [0.15, 0.2) is 53.4 Å². The minimum atomic E-state index is -3.52. The van der Waals surface area contributed by atoms with E-state index in [1.807, 2.05) is 12.1 Å². The van der Waals surface area contributed by atoms with E-state index >= 15 is 0 Å². The van der Waals surface area contributed by atoms with Gasteiger partial charge < -0.3 is 10.2 Å². The Bertz CT molecular complexity index is 907. The maximum Gasteiger partial charge on any atom is 0.251 e. The zero-order chi connectivity index (χ0) is 21.4. The highest BCUT2D eigenvalue weighted by Crippen LogP contribution is 2.19. The Morgan fingerprint density at radius 3 is 2.10 bits per heavy atom. The van der Waals surface area contributed by atoms with Gasteiger partial charge in [-0.2, -0.15) is 4.31 Å². The molecule has 0 spiro atoms. The van der Waals surface area contributed by atoms with Crippen LogP contribution < -0.4 is 10.2 Å². The van der Waals surface area contributed by atoms with Gasteiger partial charge >= 0.3 is 0 Å². The number of sulfonamides is 1. The number of amides is 1. The second-order valence-corrected chi connectivity index (χ2v) is 8.67. The van der Waals surface area contributed by atoms with Crippen LogP contribution in [0.5, 0.6) is 0 Å². The van der Waals surface area contributed by atoms with Gasteiger partial charge in [0.1, 0.15) is 0 Å². The number of rotatable bonds is 10. The molecule has 7 heteroatoms. The summed E-state index contributed by atoms with van der Waals surface area (Å²) in [5, 5.41) is 2.92. The quantitative estimate of drug-likeness (QED) is 0.644. The van der Waals surface area contributed by atoms with Crippen molar-refractivity contribution in [2.24, 2.45) is 0 Å². The van der Waals surface area contributed by atoms with Crippen molar-refractivity contribution in [1.82, 2.24) is 9.62 Å². The van der Waals surface area contributed by atoms with Crippen molar-refractivity contribution in [2.75, 3.05) is 37.6 Å². The number of benzene rings is 2. The summed E-state index contributed by atoms with van der Waals surface area (Å²) < 4.78 is 26.5. The number of carbonyl (C=O) groups is 1. The number of para-hydroxylation sites is 1. The molecule has 0 saturated heterocycles. The molecule has 1 N–H and O–H groups in total. The van der Waals surface area contributed by atoms with Gasteiger partial charge in [-0.25, -0.2) is 8.42 Å². The van der Waals surface area contributed by atoms with Crippen LogP contribution in [0.1, 0.15) is 36.7 Å². The normalized spacial score (nSPS) is 11.5. The number of carbonyl (C=O) groups excluding carboxylic acids is 1. The van der Waals surface area contributed by atoms with Crippen LogP contribution in [0.4, 0.5) is 5.69 Å². The number of nitrogens with zero attached hydrogens (tertiary/aromatic N) is 2. The van der Waals surface area contributed by atoms with Gasteiger partial charge in [-0.05, 0) is 49.7 Å². The van der Waals surface area contributed by atoms with Crippen LogP contribution in [0.25, 0.3) is 0 Å². The topological polar surface area (TPSA) is 69.7 Å². The van der Waals surface area contributed by atoms with E-state index in [1.165, 1.54) is 22.0 Å². The predicted molar refractivity (Wildman–Crippen MR) is 118 cm³/mol. The van der Waals surface area contributed by atoms with Crippen molar-refractivity contribution in [2.45, 2.75) is 32.6 Å². The monoisotopic (exact) mass is 417 g/mol. The van der Waals surface area contributed by atoms with Crippen LogP contribution in [0.2, 0.25) is 0 Å². The summed E-state index contributed by atoms with van der Waals surface area (Å²) in [6.07, 6.45) is 0. The Kier molecular flexibility index (Phi) is 8.22. The Balaban J connectivity index is 1.98. The molecule has 0 aromatic heterocycles. The molecule has 0 fully saturated rings. The minimum absolute atomic E-state index is 0.203. The average Bonchev–Trinajstić information content (AvgIpc) is 2.72. The standard InChI is InChI=1S/C22H31N3O3S/c1-5-24(21-11-9-8-10-18(21)4)17-16-23-22(26)19-12-14-20(15-13-19)29(27,28)25(6-2)7-3/h8-15H,5-7,16-17H2,1-4H3,(H,23,26). The van der Waals surface area contributed by atoms with Crippen LogP contribution in [-0.2, 0) is 10.0 Å². The van der Waals surface area contributed by atoms with E-state index in [4.69, 9.17) is 0 Å². The van der Waals surface area contributed by atoms with E-state index in [9.17, 15) is 13.2 Å². The van der Waals surface area contributed by atoms with Crippen molar-refractivity contribution in [1.29, 1.82) is 0 Å². The average molecular weight is 418 g/mol. The number of hydrogen-bond acceptors (Lipinski definition) is 4. The summed E-state index contributed by atoms with van der Waals surface area (Å²) in [5.74, 6) is -0.211. The molecule has 29 heavy (non-hydrogen) atoms. The molecule has 0 saturated carbocycles. The molecule has 0 unspecified atom stereocenters. The summed E-state index contributed by atoms with van der Waals surface area (Å²) in [7, 11) is -3.52. The van der Waals surface area contributed by atoms with Crippen LogP contribution in [-0.4, -0.2) is 51.4 Å². The van der Waals surface area contributed by atoms with Gasteiger partial charge in [0.2, 0.25) is 10.0 Å². The molecule has 6 nitrogen and oxygen atoms in total. The molecule has 0 bridgehead atoms. The molecular weight excluding hydrogens is 386 g/mol. The number of nitrogens with one attached hydrogen (secondary N) is 1. The molecule has 1 amide bonds. The van der Waals surface area contributed by atoms with E-state index in [2.05, 4.69) is 36.2 Å². The number of likely N-dealkylation sites (N-methyl/N-ethyl adjacent to an activating group) is 1. The van der Waals surface area contributed by atoms with Gasteiger partial charge in [0, 0.05) is 44.0 Å². The Morgan fingerprint density at radius 1 is 0.931 bits per heavy atom. The second-order valence-electron chi connectivity index (χ2n) is 6.74. The SMILES string of the molecule is CCN(CCNC(=O)c1ccc(S(=O)(=O)N(CC)CC)cc1)c1ccccc1C. The highest BCUT2D eigenvalue weighted by molar-refractivity contribution is 7.89. The lowest BCUT2D eigenvalue weighted by molar-refractivity contribution is 0.0954. The van der Waals surface area contributed by atoms with Crippen molar-refractivity contribution in [3.8, 4) is 0 Å². The Labute approximate surface area is 174 Å². The van der Waals surface area contributed by atoms with Crippen LogP contribution >= 0.6 is 0 Å². The highest BCUT2D eigenvalue weighted by Gasteiger charge is 2.21. The highest BCUT2D eigenvalue weighted by atomic mass is 32.2. The smallest absolute Gasteiger partial charge is 0.251 e. The molecule has 2 aromatic carbocycles. The summed E-state index contributed by atoms with van der Waals surface area (Å²) in [6.45, 7) is 10.6. The lowest BCUT2D eigenvalue weighted by atomic mass is 10.2. The third kappa shape index (κ3) is 5.58. The van der Waals surface area contributed by atoms with Crippen molar-refractivity contribution < 1.29 is 13.2 Å². The first-order chi connectivity index (χ1) is 13.8. The Hall–Kier alpha value is -2.38. The van der Waals surface area contributed by atoms with Gasteiger partial charge in [0.15, 0.2) is 0 Å². The lowest BCUT2D eigenvalue weighted by Crippen LogP contribution is -2.35. The molecule has 2 rings (SSSR count). The molecule has 0 atom stereocenters. The molecule has 158 valence electrons. The lowest BCUT2D eigenvalue weighted by Gasteiger charge is -2.25. The summed E-state index contributed by atoms with van der Waals surface area (Å²) in [5.41, 5.74) is 2.81. The first-order valence-corrected chi connectivity index (χ1v) is 11.5. The van der Waals surface area contributed by atoms with E-state index in [-0.39, 0.29) is 10.8 Å². The van der Waals surface area contributed by atoms with Gasteiger partial charge in [0.25, 0.3) is 5.91 Å². The number of anilines is 1. The first-order valence-electron chi connectivity index (χ1n) is 10.0. The minimum Gasteiger partial charge on any atom is -0.370 e. The van der Waals surface area contributed by atoms with E-state index in [0.29, 0.717) is 31.7 Å². The number of aryl methyl sites for hydroxylation is 1. The molecule has 0 heterocycles. The zero-order valence-electron chi connectivity index (χ0n) is 17.7. The summed E-state index contributed by atoms with van der Waals surface area (Å²) in [4.78, 5) is 14.9. The summed E-state index contributed by atoms with van der Waals surface area (Å²) >= 11 is 0. The molecule has 0 aliphatic rings. The largest absolute Gasteiger partial charge is 0.370 e. The molecule has 0 radical (unpaired) electrons. The van der Waals surface area contributed by atoms with Gasteiger partial charge in [-0.3, -0.25) is 4.79 Å². The Morgan fingerprint density at radius 2 is 1.55 bits per heavy atom. The predicted octanol–water partition coefficient (Wildman–Crippen LogP) is 3.28. The van der Waals surface area contributed by atoms with Gasteiger partial charge in [-0.15, -0.1) is 0 Å². The van der Waals surface area contributed by atoms with Gasteiger partial charge in [-0.1, -0.05) is 32.0 Å². The third-order valence-corrected chi connectivity index (χ3v) is 7.03. The molecule has 0 aliphatic heterocycles. The zero-order valence-corrected chi connectivity index (χ0v) is 18.5. The number of hydrogen-bond donors (Lipinski definition) is 1. The fourth-order valence-electron chi connectivity index (χ4n) is 3.26. The van der Waals surface area contributed by atoms with Crippen molar-refractivity contribution >= 4 is 21.6 Å². The maximum absolute atomic E-state index is 12.5. The molecule has 0 aliphatic carbocycles. The third-order valence-electron chi connectivity index (χ3n) is 4.96. The molecular formula is C22H31N3O3S. The fraction of sp³-hybridized carbons (Fsp3) is 0.409. The fourth-order valence-corrected chi connectivity index (χ4v) is 4.72. The maximum atomic E-state index is 12.5. The van der Waals surface area contributed by atoms with Crippen LogP contribution in [0.3, 0.4) is 0 Å². The van der Waals surface area contributed by atoms with Crippen molar-refractivity contribution in [3.63, 3.8) is 0 Å².